The van der Waals surface area contributed by atoms with Crippen molar-refractivity contribution in [1.29, 1.82) is 0 Å². The number of benzene rings is 1. The Morgan fingerprint density at radius 3 is 2.27 bits per heavy atom. The van der Waals surface area contributed by atoms with Crippen molar-refractivity contribution < 1.29 is 22.7 Å². The number of hydrogen-bond acceptors (Lipinski definition) is 3. The van der Waals surface area contributed by atoms with E-state index in [0.717, 1.165) is 13.0 Å². The first kappa shape index (κ1) is 19.3. The minimum Gasteiger partial charge on any atom is -0.378 e. The molecule has 26 heavy (non-hydrogen) atoms. The summed E-state index contributed by atoms with van der Waals surface area (Å²) in [7, 11) is 0. The first-order valence-corrected chi connectivity index (χ1v) is 9.14. The molecular formula is C18H22ClF3N2O2. The number of ether oxygens (including phenoxy) is 1. The molecule has 1 N–H and O–H groups in total. The number of nitrogens with zero attached hydrogens (tertiary/aromatic N) is 1. The number of amides is 1. The summed E-state index contributed by atoms with van der Waals surface area (Å²) in [6.07, 6.45) is 0.0963. The molecule has 0 bridgehead atoms. The Kier molecular flexibility index (Phi) is 5.67. The van der Waals surface area contributed by atoms with Crippen LogP contribution in [0.4, 0.5) is 24.5 Å². The van der Waals surface area contributed by atoms with Gasteiger partial charge in [0.25, 0.3) is 0 Å². The van der Waals surface area contributed by atoms with Gasteiger partial charge in [-0.05, 0) is 43.2 Å². The predicted octanol–water partition coefficient (Wildman–Crippen LogP) is 4.57. The van der Waals surface area contributed by atoms with Crippen molar-refractivity contribution in [2.75, 3.05) is 36.5 Å². The summed E-state index contributed by atoms with van der Waals surface area (Å²) in [5.74, 6) is 1.85. The number of rotatable bonds is 2. The summed E-state index contributed by atoms with van der Waals surface area (Å²) in [5, 5.41) is 2.01. The Morgan fingerprint density at radius 2 is 1.85 bits per heavy atom. The van der Waals surface area contributed by atoms with Crippen LogP contribution in [0.5, 0.6) is 0 Å². The molecule has 144 valence electrons. The molecular weight excluding hydrogens is 369 g/mol. The van der Waals surface area contributed by atoms with Crippen LogP contribution >= 0.6 is 11.6 Å². The highest BCUT2D eigenvalue weighted by Crippen LogP contribution is 2.55. The largest absolute Gasteiger partial charge is 0.418 e. The Morgan fingerprint density at radius 1 is 1.23 bits per heavy atom. The van der Waals surface area contributed by atoms with Crippen LogP contribution in [-0.4, -0.2) is 32.2 Å². The Labute approximate surface area is 155 Å². The highest BCUT2D eigenvalue weighted by molar-refractivity contribution is 6.34. The van der Waals surface area contributed by atoms with Gasteiger partial charge in [0, 0.05) is 25.7 Å². The van der Waals surface area contributed by atoms with Crippen LogP contribution in [0.3, 0.4) is 0 Å². The third kappa shape index (κ3) is 4.62. The Hall–Kier alpha value is -1.47. The van der Waals surface area contributed by atoms with Crippen LogP contribution in [0, 0.1) is 11.8 Å². The molecule has 8 heteroatoms. The number of fused-ring (bicyclic) bond motifs is 1. The molecule has 4 nitrogen and oxygen atoms in total. The van der Waals surface area contributed by atoms with Crippen LogP contribution < -0.4 is 10.2 Å². The van der Waals surface area contributed by atoms with Gasteiger partial charge in [-0.15, -0.1) is 0 Å². The van der Waals surface area contributed by atoms with E-state index in [4.69, 9.17) is 16.3 Å². The van der Waals surface area contributed by atoms with Gasteiger partial charge in [-0.3, -0.25) is 4.79 Å². The van der Waals surface area contributed by atoms with Gasteiger partial charge in [-0.25, -0.2) is 0 Å². The third-order valence-electron chi connectivity index (χ3n) is 5.03. The van der Waals surface area contributed by atoms with Crippen molar-refractivity contribution >= 4 is 28.9 Å². The zero-order valence-electron chi connectivity index (χ0n) is 14.5. The second-order valence-corrected chi connectivity index (χ2v) is 7.37. The van der Waals surface area contributed by atoms with E-state index in [1.165, 1.54) is 17.9 Å². The summed E-state index contributed by atoms with van der Waals surface area (Å²) in [6.45, 7) is 3.02. The summed E-state index contributed by atoms with van der Waals surface area (Å²) >= 11 is 5.93. The van der Waals surface area contributed by atoms with Gasteiger partial charge in [-0.1, -0.05) is 11.6 Å². The summed E-state index contributed by atoms with van der Waals surface area (Å²) < 4.78 is 44.7. The van der Waals surface area contributed by atoms with E-state index < -0.39 is 23.3 Å². The monoisotopic (exact) mass is 390 g/mol. The van der Waals surface area contributed by atoms with Crippen LogP contribution in [-0.2, 0) is 15.7 Å². The smallest absolute Gasteiger partial charge is 0.378 e. The van der Waals surface area contributed by atoms with Gasteiger partial charge in [0.15, 0.2) is 0 Å². The van der Waals surface area contributed by atoms with E-state index in [2.05, 4.69) is 5.32 Å². The first-order valence-electron chi connectivity index (χ1n) is 8.76. The predicted molar refractivity (Wildman–Crippen MR) is 94.6 cm³/mol. The van der Waals surface area contributed by atoms with Crippen molar-refractivity contribution in [3.8, 4) is 0 Å². The maximum atomic E-state index is 13.2. The molecule has 1 amide bonds. The molecule has 0 radical (unpaired) electrons. The number of carbonyl (C=O) groups is 1. The maximum absolute atomic E-state index is 13.2. The zero-order valence-corrected chi connectivity index (χ0v) is 15.3. The van der Waals surface area contributed by atoms with Crippen molar-refractivity contribution in [3.63, 3.8) is 0 Å². The quantitative estimate of drug-likeness (QED) is 0.804. The number of hydrogen-bond donors (Lipinski definition) is 1. The molecule has 1 aliphatic heterocycles. The molecule has 1 aromatic carbocycles. The molecule has 1 aromatic rings. The molecule has 2 saturated carbocycles. The van der Waals surface area contributed by atoms with E-state index in [1.807, 2.05) is 0 Å². The Balaban J connectivity index is 0.000000328. The van der Waals surface area contributed by atoms with Gasteiger partial charge in [0.05, 0.1) is 29.5 Å². The van der Waals surface area contributed by atoms with Gasteiger partial charge in [-0.2, -0.15) is 13.2 Å². The molecule has 2 unspecified atom stereocenters. The molecule has 2 aliphatic carbocycles. The molecule has 3 fully saturated rings. The molecule has 1 saturated heterocycles. The Bertz CT molecular complexity index is 663. The van der Waals surface area contributed by atoms with E-state index in [0.29, 0.717) is 32.0 Å². The van der Waals surface area contributed by atoms with Crippen LogP contribution in [0.2, 0.25) is 5.02 Å². The molecule has 1 heterocycles. The van der Waals surface area contributed by atoms with Gasteiger partial charge >= 0.3 is 6.18 Å². The van der Waals surface area contributed by atoms with Crippen molar-refractivity contribution in [3.05, 3.63) is 22.7 Å². The topological polar surface area (TPSA) is 41.6 Å². The van der Waals surface area contributed by atoms with Crippen LogP contribution in [0.15, 0.2) is 12.1 Å². The maximum Gasteiger partial charge on any atom is 0.418 e. The van der Waals surface area contributed by atoms with E-state index in [-0.39, 0.29) is 5.02 Å². The van der Waals surface area contributed by atoms with Crippen molar-refractivity contribution in [2.45, 2.75) is 32.4 Å². The second-order valence-electron chi connectivity index (χ2n) is 6.96. The summed E-state index contributed by atoms with van der Waals surface area (Å²) in [5.41, 5.74) is -0.995. The number of halogens is 4. The zero-order chi connectivity index (χ0) is 18.9. The lowest BCUT2D eigenvalue weighted by Crippen LogP contribution is -2.36. The van der Waals surface area contributed by atoms with E-state index >= 15 is 0 Å². The molecule has 0 spiro atoms. The fourth-order valence-corrected chi connectivity index (χ4v) is 3.57. The SMILES string of the molecule is C1CC2CC12.CC(=O)Nc1c(Cl)cc(N2CCOCC2)cc1C(F)(F)F. The molecule has 3 aliphatic rings. The summed E-state index contributed by atoms with van der Waals surface area (Å²) in [6, 6.07) is 2.43. The normalized spacial score (nSPS) is 24.0. The number of alkyl halides is 3. The molecule has 0 aromatic heterocycles. The minimum atomic E-state index is -4.61. The lowest BCUT2D eigenvalue weighted by atomic mass is 10.0. The lowest BCUT2D eigenvalue weighted by molar-refractivity contribution is -0.136. The van der Waals surface area contributed by atoms with Gasteiger partial charge in [0.1, 0.15) is 0 Å². The van der Waals surface area contributed by atoms with E-state index in [1.54, 1.807) is 24.2 Å². The number of carbonyl (C=O) groups excluding carboxylic acids is 1. The first-order chi connectivity index (χ1) is 12.3. The average Bonchev–Trinajstić information content (AvgIpc) is 3.15. The average molecular weight is 391 g/mol. The van der Waals surface area contributed by atoms with Crippen LogP contribution in [0.25, 0.3) is 0 Å². The highest BCUT2D eigenvalue weighted by Gasteiger charge is 2.44. The summed E-state index contributed by atoms with van der Waals surface area (Å²) in [4.78, 5) is 12.8. The van der Waals surface area contributed by atoms with Crippen LogP contribution in [0.1, 0.15) is 31.7 Å². The third-order valence-corrected chi connectivity index (χ3v) is 5.33. The lowest BCUT2D eigenvalue weighted by Gasteiger charge is -2.30. The number of nitrogens with one attached hydrogen (secondary N) is 1. The van der Waals surface area contributed by atoms with Crippen molar-refractivity contribution in [1.82, 2.24) is 0 Å². The minimum absolute atomic E-state index is 0.137. The molecule has 4 rings (SSSR count). The number of morpholine rings is 1. The number of anilines is 2. The van der Waals surface area contributed by atoms with Gasteiger partial charge in [0.2, 0.25) is 5.91 Å². The van der Waals surface area contributed by atoms with Crippen molar-refractivity contribution in [2.24, 2.45) is 11.8 Å². The van der Waals surface area contributed by atoms with Gasteiger partial charge < -0.3 is 15.0 Å². The highest BCUT2D eigenvalue weighted by atomic mass is 35.5. The van der Waals surface area contributed by atoms with E-state index in [9.17, 15) is 18.0 Å². The fourth-order valence-electron chi connectivity index (χ4n) is 3.31. The standard InChI is InChI=1S/C13H14ClF3N2O2.C5H8/c1-8(20)18-12-10(13(15,16)17)6-9(7-11(12)14)19-2-4-21-5-3-19;1-2-5-3-4(1)5/h6-7H,2-5H2,1H3,(H,18,20);4-5H,1-3H2. The fraction of sp³-hybridized carbons (Fsp3) is 0.611. The second kappa shape index (κ2) is 7.64. The molecule has 2 atom stereocenters.